The molecular formula is C14H29NO2. The summed E-state index contributed by atoms with van der Waals surface area (Å²) >= 11 is 0. The van der Waals surface area contributed by atoms with E-state index < -0.39 is 12.0 Å². The number of hydrogen-bond donors (Lipinski definition) is 2. The van der Waals surface area contributed by atoms with Crippen molar-refractivity contribution in [2.75, 3.05) is 0 Å². The van der Waals surface area contributed by atoms with Crippen LogP contribution in [-0.2, 0) is 4.79 Å². The predicted octanol–water partition coefficient (Wildman–Crippen LogP) is 3.58. The minimum absolute atomic E-state index is 0.374. The van der Waals surface area contributed by atoms with Gasteiger partial charge in [0.05, 0.1) is 0 Å². The Labute approximate surface area is 106 Å². The number of hydrogen-bond acceptors (Lipinski definition) is 2. The van der Waals surface area contributed by atoms with Gasteiger partial charge in [-0.05, 0) is 19.8 Å². The van der Waals surface area contributed by atoms with Crippen LogP contribution in [0.1, 0.15) is 72.1 Å². The van der Waals surface area contributed by atoms with Crippen LogP contribution in [0.25, 0.3) is 0 Å². The summed E-state index contributed by atoms with van der Waals surface area (Å²) < 4.78 is 0. The summed E-state index contributed by atoms with van der Waals surface area (Å²) in [4.78, 5) is 10.8. The van der Waals surface area contributed by atoms with Crippen molar-refractivity contribution in [1.82, 2.24) is 5.32 Å². The third kappa shape index (κ3) is 9.16. The van der Waals surface area contributed by atoms with E-state index in [1.165, 1.54) is 38.5 Å². The molecule has 0 aliphatic carbocycles. The van der Waals surface area contributed by atoms with Crippen LogP contribution in [-0.4, -0.2) is 23.2 Å². The van der Waals surface area contributed by atoms with E-state index in [0.717, 1.165) is 12.8 Å². The van der Waals surface area contributed by atoms with E-state index in [9.17, 15) is 4.79 Å². The van der Waals surface area contributed by atoms with Crippen molar-refractivity contribution < 1.29 is 9.90 Å². The van der Waals surface area contributed by atoms with Gasteiger partial charge < -0.3 is 10.4 Å². The average molecular weight is 243 g/mol. The van der Waals surface area contributed by atoms with Crippen LogP contribution in [0.3, 0.4) is 0 Å². The first kappa shape index (κ1) is 16.4. The van der Waals surface area contributed by atoms with Crippen LogP contribution in [0.4, 0.5) is 0 Å². The van der Waals surface area contributed by atoms with E-state index in [2.05, 4.69) is 19.2 Å². The third-order valence-corrected chi connectivity index (χ3v) is 3.17. The zero-order chi connectivity index (χ0) is 13.1. The van der Waals surface area contributed by atoms with Crippen LogP contribution in [0.15, 0.2) is 0 Å². The maximum Gasteiger partial charge on any atom is 0.320 e. The maximum atomic E-state index is 10.8. The van der Waals surface area contributed by atoms with Crippen molar-refractivity contribution in [1.29, 1.82) is 0 Å². The molecule has 0 aromatic carbocycles. The Morgan fingerprint density at radius 1 is 1.06 bits per heavy atom. The monoisotopic (exact) mass is 243 g/mol. The standard InChI is InChI=1S/C14H29NO2/c1-4-6-8-10-13(11-9-7-5-2)15-12(3)14(16)17/h12-13,15H,4-11H2,1-3H3,(H,16,17). The molecule has 0 amide bonds. The first-order valence-corrected chi connectivity index (χ1v) is 7.10. The van der Waals surface area contributed by atoms with E-state index >= 15 is 0 Å². The van der Waals surface area contributed by atoms with Crippen molar-refractivity contribution in [3.8, 4) is 0 Å². The number of carboxylic acid groups (broad SMARTS) is 1. The molecule has 0 bridgehead atoms. The smallest absolute Gasteiger partial charge is 0.320 e. The minimum atomic E-state index is -0.749. The molecule has 0 rings (SSSR count). The Morgan fingerprint density at radius 3 is 1.88 bits per heavy atom. The Bertz CT molecular complexity index is 185. The summed E-state index contributed by atoms with van der Waals surface area (Å²) in [6.45, 7) is 6.12. The van der Waals surface area contributed by atoms with Gasteiger partial charge in [0.15, 0.2) is 0 Å². The van der Waals surface area contributed by atoms with Gasteiger partial charge in [-0.3, -0.25) is 4.79 Å². The van der Waals surface area contributed by atoms with Gasteiger partial charge in [-0.25, -0.2) is 0 Å². The molecule has 3 heteroatoms. The summed E-state index contributed by atoms with van der Waals surface area (Å²) in [5.74, 6) is -0.749. The lowest BCUT2D eigenvalue weighted by Gasteiger charge is -2.21. The number of unbranched alkanes of at least 4 members (excludes halogenated alkanes) is 4. The minimum Gasteiger partial charge on any atom is -0.480 e. The molecule has 0 aliphatic heterocycles. The van der Waals surface area contributed by atoms with Crippen LogP contribution < -0.4 is 5.32 Å². The quantitative estimate of drug-likeness (QED) is 0.545. The summed E-state index contributed by atoms with van der Waals surface area (Å²) in [5.41, 5.74) is 0. The van der Waals surface area contributed by atoms with Gasteiger partial charge in [0.25, 0.3) is 0 Å². The van der Waals surface area contributed by atoms with Gasteiger partial charge in [-0.2, -0.15) is 0 Å². The number of carboxylic acids is 1. The van der Waals surface area contributed by atoms with Crippen LogP contribution >= 0.6 is 0 Å². The lowest BCUT2D eigenvalue weighted by molar-refractivity contribution is -0.139. The molecule has 0 saturated carbocycles. The van der Waals surface area contributed by atoms with Gasteiger partial charge in [-0.1, -0.05) is 52.4 Å². The van der Waals surface area contributed by atoms with E-state index in [1.807, 2.05) is 0 Å². The molecule has 0 radical (unpaired) electrons. The SMILES string of the molecule is CCCCCC(CCCCC)NC(C)C(=O)O. The first-order valence-electron chi connectivity index (χ1n) is 7.10. The zero-order valence-electron chi connectivity index (χ0n) is 11.7. The summed E-state index contributed by atoms with van der Waals surface area (Å²) in [6.07, 6.45) is 9.54. The van der Waals surface area contributed by atoms with Gasteiger partial charge in [0.2, 0.25) is 0 Å². The second-order valence-corrected chi connectivity index (χ2v) is 4.92. The topological polar surface area (TPSA) is 49.3 Å². The highest BCUT2D eigenvalue weighted by molar-refractivity contribution is 5.72. The molecule has 3 nitrogen and oxygen atoms in total. The third-order valence-electron chi connectivity index (χ3n) is 3.17. The number of rotatable bonds is 11. The van der Waals surface area contributed by atoms with Crippen LogP contribution in [0.2, 0.25) is 0 Å². The molecule has 2 N–H and O–H groups in total. The van der Waals surface area contributed by atoms with Gasteiger partial charge in [-0.15, -0.1) is 0 Å². The van der Waals surface area contributed by atoms with Crippen molar-refractivity contribution in [2.45, 2.75) is 84.2 Å². The van der Waals surface area contributed by atoms with Crippen molar-refractivity contribution in [3.05, 3.63) is 0 Å². The average Bonchev–Trinajstić information content (AvgIpc) is 2.29. The van der Waals surface area contributed by atoms with Crippen molar-refractivity contribution >= 4 is 5.97 Å². The molecule has 1 atom stereocenters. The van der Waals surface area contributed by atoms with Gasteiger partial charge in [0.1, 0.15) is 6.04 Å². The van der Waals surface area contributed by atoms with Gasteiger partial charge in [0, 0.05) is 6.04 Å². The molecule has 0 aromatic rings. The lowest BCUT2D eigenvalue weighted by atomic mass is 10.0. The zero-order valence-corrected chi connectivity index (χ0v) is 11.7. The Hall–Kier alpha value is -0.570. The highest BCUT2D eigenvalue weighted by Gasteiger charge is 2.16. The highest BCUT2D eigenvalue weighted by Crippen LogP contribution is 2.11. The molecule has 0 saturated heterocycles. The number of carbonyl (C=O) groups is 1. The maximum absolute atomic E-state index is 10.8. The largest absolute Gasteiger partial charge is 0.480 e. The molecule has 17 heavy (non-hydrogen) atoms. The number of aliphatic carboxylic acids is 1. The molecule has 0 spiro atoms. The summed E-state index contributed by atoms with van der Waals surface area (Å²) in [6, 6.07) is -0.0533. The fraction of sp³-hybridized carbons (Fsp3) is 0.929. The Balaban J connectivity index is 3.95. The normalized spacial score (nSPS) is 12.9. The first-order chi connectivity index (χ1) is 8.11. The molecule has 0 aromatic heterocycles. The molecule has 0 fully saturated rings. The molecule has 0 aliphatic rings. The molecule has 0 heterocycles. The molecule has 1 unspecified atom stereocenters. The second-order valence-electron chi connectivity index (χ2n) is 4.92. The van der Waals surface area contributed by atoms with E-state index in [-0.39, 0.29) is 0 Å². The van der Waals surface area contributed by atoms with Gasteiger partial charge >= 0.3 is 5.97 Å². The second kappa shape index (κ2) is 10.6. The van der Waals surface area contributed by atoms with Crippen LogP contribution in [0, 0.1) is 0 Å². The fourth-order valence-electron chi connectivity index (χ4n) is 2.02. The van der Waals surface area contributed by atoms with Crippen molar-refractivity contribution in [2.24, 2.45) is 0 Å². The van der Waals surface area contributed by atoms with E-state index in [4.69, 9.17) is 5.11 Å². The fourth-order valence-corrected chi connectivity index (χ4v) is 2.02. The molecular weight excluding hydrogens is 214 g/mol. The lowest BCUT2D eigenvalue weighted by Crippen LogP contribution is -2.41. The van der Waals surface area contributed by atoms with E-state index in [0.29, 0.717) is 6.04 Å². The molecule has 102 valence electrons. The summed E-state index contributed by atoms with van der Waals surface area (Å²) in [7, 11) is 0. The van der Waals surface area contributed by atoms with Crippen LogP contribution in [0.5, 0.6) is 0 Å². The van der Waals surface area contributed by atoms with Crippen molar-refractivity contribution in [3.63, 3.8) is 0 Å². The highest BCUT2D eigenvalue weighted by atomic mass is 16.4. The Morgan fingerprint density at radius 2 is 1.53 bits per heavy atom. The van der Waals surface area contributed by atoms with E-state index in [1.54, 1.807) is 6.92 Å². The predicted molar refractivity (Wildman–Crippen MR) is 72.3 cm³/mol. The Kier molecular flexibility index (Phi) is 10.2. The number of nitrogens with one attached hydrogen (secondary N) is 1. The summed E-state index contributed by atoms with van der Waals surface area (Å²) in [5, 5.41) is 12.1.